The molecule has 0 bridgehead atoms. The van der Waals surface area contributed by atoms with Crippen molar-refractivity contribution in [1.29, 1.82) is 0 Å². The minimum atomic E-state index is -0.298. The zero-order valence-corrected chi connectivity index (χ0v) is 21.7. The van der Waals surface area contributed by atoms with Gasteiger partial charge in [-0.15, -0.1) is 5.10 Å². The fourth-order valence-corrected chi connectivity index (χ4v) is 4.43. The van der Waals surface area contributed by atoms with Crippen molar-refractivity contribution < 1.29 is 9.53 Å². The molecule has 4 aromatic rings. The van der Waals surface area contributed by atoms with Crippen LogP contribution in [0.5, 0.6) is 5.75 Å². The van der Waals surface area contributed by atoms with Gasteiger partial charge in [-0.3, -0.25) is 10.1 Å². The van der Waals surface area contributed by atoms with Crippen molar-refractivity contribution in [3.8, 4) is 16.9 Å². The molecule has 4 rings (SSSR count). The lowest BCUT2D eigenvalue weighted by Gasteiger charge is -2.24. The average molecular weight is 484 g/mol. The maximum Gasteiger partial charge on any atom is 0.270 e. The Kier molecular flexibility index (Phi) is 7.48. The van der Waals surface area contributed by atoms with Gasteiger partial charge in [-0.05, 0) is 88.5 Å². The number of carbonyl (C=O) groups excluding carboxylic acids is 1. The van der Waals surface area contributed by atoms with Crippen molar-refractivity contribution in [2.75, 3.05) is 5.32 Å². The Labute approximate surface area is 212 Å². The van der Waals surface area contributed by atoms with Crippen LogP contribution in [0.1, 0.15) is 72.3 Å². The summed E-state index contributed by atoms with van der Waals surface area (Å²) < 4.78 is 6.52. The van der Waals surface area contributed by atoms with Gasteiger partial charge in [0.25, 0.3) is 11.9 Å². The van der Waals surface area contributed by atoms with Crippen molar-refractivity contribution in [3.63, 3.8) is 0 Å². The first-order chi connectivity index (χ1) is 17.2. The standard InChI is InChI=1S/C29H33N5O2/c1-17(2)21-7-9-22(10-8-21)26-19(5)15-25(16-20(26)6)36-27(18(3)4)23-11-13-24(14-12-23)28(35)30-29-31-33-34-32-29/h7-18,27H,1-6H3,(H2,30,31,32,33,34,35). The van der Waals surface area contributed by atoms with E-state index in [9.17, 15) is 4.79 Å². The fourth-order valence-electron chi connectivity index (χ4n) is 4.43. The lowest BCUT2D eigenvalue weighted by Crippen LogP contribution is -2.16. The molecule has 0 spiro atoms. The Morgan fingerprint density at radius 1 is 0.889 bits per heavy atom. The number of nitrogens with one attached hydrogen (secondary N) is 2. The Hall–Kier alpha value is -4.00. The van der Waals surface area contributed by atoms with Gasteiger partial charge in [0.15, 0.2) is 0 Å². The van der Waals surface area contributed by atoms with Crippen LogP contribution >= 0.6 is 0 Å². The molecular weight excluding hydrogens is 450 g/mol. The summed E-state index contributed by atoms with van der Waals surface area (Å²) in [6, 6.07) is 20.5. The molecule has 1 amide bonds. The fraction of sp³-hybridized carbons (Fsp3) is 0.310. The summed E-state index contributed by atoms with van der Waals surface area (Å²) >= 11 is 0. The summed E-state index contributed by atoms with van der Waals surface area (Å²) in [5, 5.41) is 15.9. The topological polar surface area (TPSA) is 92.8 Å². The van der Waals surface area contributed by atoms with E-state index in [1.165, 1.54) is 27.8 Å². The van der Waals surface area contributed by atoms with Gasteiger partial charge in [0.1, 0.15) is 11.9 Å². The number of hydrogen-bond donors (Lipinski definition) is 2. The zero-order chi connectivity index (χ0) is 25.8. The van der Waals surface area contributed by atoms with Gasteiger partial charge in [0, 0.05) is 5.56 Å². The number of nitrogens with zero attached hydrogens (tertiary/aromatic N) is 3. The minimum Gasteiger partial charge on any atom is -0.485 e. The smallest absolute Gasteiger partial charge is 0.270 e. The Morgan fingerprint density at radius 3 is 2.03 bits per heavy atom. The molecule has 3 aromatic carbocycles. The van der Waals surface area contributed by atoms with Crippen LogP contribution in [0, 0.1) is 19.8 Å². The van der Waals surface area contributed by atoms with E-state index >= 15 is 0 Å². The number of tetrazole rings is 1. The van der Waals surface area contributed by atoms with Gasteiger partial charge in [0.05, 0.1) is 0 Å². The molecule has 36 heavy (non-hydrogen) atoms. The molecule has 7 heteroatoms. The first-order valence-corrected chi connectivity index (χ1v) is 12.3. The second kappa shape index (κ2) is 10.7. The normalized spacial score (nSPS) is 12.1. The van der Waals surface area contributed by atoms with Gasteiger partial charge < -0.3 is 4.74 Å². The van der Waals surface area contributed by atoms with E-state index in [0.717, 1.165) is 11.3 Å². The van der Waals surface area contributed by atoms with Crippen LogP contribution in [-0.4, -0.2) is 26.5 Å². The Morgan fingerprint density at radius 2 is 1.50 bits per heavy atom. The van der Waals surface area contributed by atoms with E-state index < -0.39 is 0 Å². The number of aromatic amines is 1. The SMILES string of the molecule is Cc1cc(OC(c2ccc(C(=O)Nc3nn[nH]n3)cc2)C(C)C)cc(C)c1-c1ccc(C(C)C)cc1. The predicted octanol–water partition coefficient (Wildman–Crippen LogP) is 6.64. The van der Waals surface area contributed by atoms with E-state index in [1.807, 2.05) is 12.1 Å². The lowest BCUT2D eigenvalue weighted by atomic mass is 9.93. The first-order valence-electron chi connectivity index (χ1n) is 12.3. The number of hydrogen-bond acceptors (Lipinski definition) is 5. The van der Waals surface area contributed by atoms with Gasteiger partial charge in [-0.2, -0.15) is 5.21 Å². The predicted molar refractivity (Wildman–Crippen MR) is 142 cm³/mol. The largest absolute Gasteiger partial charge is 0.485 e. The monoisotopic (exact) mass is 483 g/mol. The van der Waals surface area contributed by atoms with Crippen molar-refractivity contribution in [3.05, 3.63) is 88.5 Å². The Balaban J connectivity index is 1.53. The summed E-state index contributed by atoms with van der Waals surface area (Å²) in [6.07, 6.45) is -0.158. The van der Waals surface area contributed by atoms with E-state index in [1.54, 1.807) is 12.1 Å². The van der Waals surface area contributed by atoms with Crippen molar-refractivity contribution in [2.45, 2.75) is 53.6 Å². The summed E-state index contributed by atoms with van der Waals surface area (Å²) in [4.78, 5) is 12.4. The molecule has 0 aliphatic heterocycles. The van der Waals surface area contributed by atoms with Crippen LogP contribution < -0.4 is 10.1 Å². The molecule has 1 heterocycles. The quantitative estimate of drug-likeness (QED) is 0.293. The number of benzene rings is 3. The van der Waals surface area contributed by atoms with Crippen molar-refractivity contribution in [1.82, 2.24) is 20.6 Å². The van der Waals surface area contributed by atoms with Crippen molar-refractivity contribution >= 4 is 11.9 Å². The molecule has 0 radical (unpaired) electrons. The number of ether oxygens (including phenoxy) is 1. The number of anilines is 1. The van der Waals surface area contributed by atoms with Crippen LogP contribution in [0.4, 0.5) is 5.95 Å². The van der Waals surface area contributed by atoms with Gasteiger partial charge >= 0.3 is 0 Å². The maximum atomic E-state index is 12.4. The van der Waals surface area contributed by atoms with Crippen LogP contribution in [0.2, 0.25) is 0 Å². The van der Waals surface area contributed by atoms with E-state index in [0.29, 0.717) is 11.5 Å². The Bertz CT molecular complexity index is 1290. The first kappa shape index (κ1) is 25.1. The highest BCUT2D eigenvalue weighted by atomic mass is 16.5. The van der Waals surface area contributed by atoms with E-state index in [-0.39, 0.29) is 23.9 Å². The lowest BCUT2D eigenvalue weighted by molar-refractivity contribution is 0.102. The maximum absolute atomic E-state index is 12.4. The highest BCUT2D eigenvalue weighted by molar-refractivity contribution is 6.03. The summed E-state index contributed by atoms with van der Waals surface area (Å²) in [5.41, 5.74) is 7.67. The molecule has 0 aliphatic rings. The van der Waals surface area contributed by atoms with Crippen LogP contribution in [0.25, 0.3) is 11.1 Å². The van der Waals surface area contributed by atoms with Gasteiger partial charge in [0.2, 0.25) is 0 Å². The van der Waals surface area contributed by atoms with Crippen LogP contribution in [0.15, 0.2) is 60.7 Å². The molecule has 0 saturated carbocycles. The highest BCUT2D eigenvalue weighted by Crippen LogP contribution is 2.35. The number of aryl methyl sites for hydroxylation is 2. The third-order valence-electron chi connectivity index (χ3n) is 6.31. The number of aromatic nitrogens is 4. The average Bonchev–Trinajstić information content (AvgIpc) is 3.35. The summed E-state index contributed by atoms with van der Waals surface area (Å²) in [7, 11) is 0. The van der Waals surface area contributed by atoms with Gasteiger partial charge in [-0.1, -0.05) is 69.2 Å². The molecule has 0 saturated heterocycles. The molecule has 7 nitrogen and oxygen atoms in total. The molecule has 1 aromatic heterocycles. The van der Waals surface area contributed by atoms with E-state index in [2.05, 4.69) is 104 Å². The van der Waals surface area contributed by atoms with Crippen LogP contribution in [0.3, 0.4) is 0 Å². The third kappa shape index (κ3) is 5.62. The molecule has 2 N–H and O–H groups in total. The molecule has 1 atom stereocenters. The molecule has 186 valence electrons. The highest BCUT2D eigenvalue weighted by Gasteiger charge is 2.20. The minimum absolute atomic E-state index is 0.137. The number of H-pyrrole nitrogens is 1. The van der Waals surface area contributed by atoms with Crippen LogP contribution in [-0.2, 0) is 0 Å². The van der Waals surface area contributed by atoms with Crippen molar-refractivity contribution in [2.24, 2.45) is 5.92 Å². The number of rotatable bonds is 8. The van der Waals surface area contributed by atoms with Gasteiger partial charge in [-0.25, -0.2) is 0 Å². The third-order valence-corrected chi connectivity index (χ3v) is 6.31. The summed E-state index contributed by atoms with van der Waals surface area (Å²) in [6.45, 7) is 12.9. The molecule has 1 unspecified atom stereocenters. The zero-order valence-electron chi connectivity index (χ0n) is 21.7. The molecular formula is C29H33N5O2. The van der Waals surface area contributed by atoms with E-state index in [4.69, 9.17) is 4.74 Å². The summed E-state index contributed by atoms with van der Waals surface area (Å²) in [5.74, 6) is 1.42. The number of carbonyl (C=O) groups is 1. The second-order valence-electron chi connectivity index (χ2n) is 9.80. The number of amides is 1. The molecule has 0 fully saturated rings. The molecule has 0 aliphatic carbocycles. The second-order valence-corrected chi connectivity index (χ2v) is 9.80.